The van der Waals surface area contributed by atoms with E-state index < -0.39 is 24.5 Å². The number of nitrogens with one attached hydrogen (secondary N) is 1. The van der Waals surface area contributed by atoms with Crippen molar-refractivity contribution in [2.45, 2.75) is 39.2 Å². The fourth-order valence-electron chi connectivity index (χ4n) is 2.89. The van der Waals surface area contributed by atoms with Gasteiger partial charge in [0.15, 0.2) is 6.61 Å². The monoisotopic (exact) mass is 322 g/mol. The van der Waals surface area contributed by atoms with Crippen LogP contribution in [-0.2, 0) is 23.9 Å². The summed E-state index contributed by atoms with van der Waals surface area (Å²) < 4.78 is 4.91. The van der Waals surface area contributed by atoms with Gasteiger partial charge in [-0.25, -0.2) is 4.79 Å². The maximum Gasteiger partial charge on any atom is 0.329 e. The lowest BCUT2D eigenvalue weighted by Gasteiger charge is -2.21. The summed E-state index contributed by atoms with van der Waals surface area (Å²) in [5.74, 6) is -2.56. The largest absolute Gasteiger partial charge is 0.454 e. The van der Waals surface area contributed by atoms with E-state index in [4.69, 9.17) is 4.74 Å². The number of esters is 1. The molecule has 126 valence electrons. The zero-order chi connectivity index (χ0) is 17.0. The second kappa shape index (κ2) is 7.39. The number of likely N-dealkylation sites (tertiary alicyclic amines) is 1. The SMILES string of the molecule is CCCNC(=O)COC(=O)[C@H](C)N1C(=O)[C@@H]2CC=CC[C@H]2C1=O. The second-order valence-corrected chi connectivity index (χ2v) is 5.84. The number of fused-ring (bicyclic) bond motifs is 1. The molecule has 2 rings (SSSR count). The standard InChI is InChI=1S/C16H22N2O5/c1-3-8-17-13(19)9-23-16(22)10(2)18-14(20)11-6-4-5-7-12(11)15(18)21/h4-5,10-12H,3,6-9H2,1-2H3,(H,17,19)/t10-,11+,12+/m0/s1. The second-order valence-electron chi connectivity index (χ2n) is 5.84. The molecule has 2 aliphatic rings. The summed E-state index contributed by atoms with van der Waals surface area (Å²) in [7, 11) is 0. The van der Waals surface area contributed by atoms with E-state index in [9.17, 15) is 19.2 Å². The number of ether oxygens (including phenoxy) is 1. The summed E-state index contributed by atoms with van der Waals surface area (Å²) in [5, 5.41) is 2.58. The predicted molar refractivity (Wildman–Crippen MR) is 80.9 cm³/mol. The van der Waals surface area contributed by atoms with Crippen molar-refractivity contribution in [1.29, 1.82) is 0 Å². The van der Waals surface area contributed by atoms with Crippen molar-refractivity contribution in [2.75, 3.05) is 13.2 Å². The Hall–Kier alpha value is -2.18. The van der Waals surface area contributed by atoms with Crippen LogP contribution in [0, 0.1) is 11.8 Å². The number of allylic oxidation sites excluding steroid dienone is 2. The molecule has 0 bridgehead atoms. The van der Waals surface area contributed by atoms with Crippen LogP contribution in [-0.4, -0.2) is 47.8 Å². The lowest BCUT2D eigenvalue weighted by molar-refractivity contribution is -0.159. The van der Waals surface area contributed by atoms with Crippen LogP contribution >= 0.6 is 0 Å². The van der Waals surface area contributed by atoms with Gasteiger partial charge in [-0.05, 0) is 26.2 Å². The molecule has 3 atom stereocenters. The van der Waals surface area contributed by atoms with Crippen LogP contribution in [0.4, 0.5) is 0 Å². The Kier molecular flexibility index (Phi) is 5.52. The fraction of sp³-hybridized carbons (Fsp3) is 0.625. The van der Waals surface area contributed by atoms with Crippen LogP contribution in [0.25, 0.3) is 0 Å². The average Bonchev–Trinajstić information content (AvgIpc) is 2.81. The van der Waals surface area contributed by atoms with Gasteiger partial charge in [-0.1, -0.05) is 19.1 Å². The van der Waals surface area contributed by atoms with Gasteiger partial charge in [-0.3, -0.25) is 19.3 Å². The lowest BCUT2D eigenvalue weighted by atomic mass is 9.85. The van der Waals surface area contributed by atoms with Crippen LogP contribution in [0.5, 0.6) is 0 Å². The normalized spacial score (nSPS) is 24.3. The van der Waals surface area contributed by atoms with Gasteiger partial charge >= 0.3 is 5.97 Å². The van der Waals surface area contributed by atoms with Gasteiger partial charge in [0.1, 0.15) is 6.04 Å². The van der Waals surface area contributed by atoms with Crippen molar-refractivity contribution >= 4 is 23.7 Å². The molecule has 0 aromatic carbocycles. The minimum atomic E-state index is -1.01. The van der Waals surface area contributed by atoms with Crippen molar-refractivity contribution < 1.29 is 23.9 Å². The van der Waals surface area contributed by atoms with E-state index in [2.05, 4.69) is 5.32 Å². The quantitative estimate of drug-likeness (QED) is 0.434. The molecule has 0 radical (unpaired) electrons. The van der Waals surface area contributed by atoms with Crippen molar-refractivity contribution in [3.05, 3.63) is 12.2 Å². The van der Waals surface area contributed by atoms with E-state index in [1.165, 1.54) is 6.92 Å². The van der Waals surface area contributed by atoms with Gasteiger partial charge in [0, 0.05) is 6.54 Å². The van der Waals surface area contributed by atoms with Crippen LogP contribution < -0.4 is 5.32 Å². The molecular formula is C16H22N2O5. The number of amides is 3. The summed E-state index contributed by atoms with van der Waals surface area (Å²) in [6, 6.07) is -1.01. The van der Waals surface area contributed by atoms with Crippen LogP contribution in [0.1, 0.15) is 33.1 Å². The van der Waals surface area contributed by atoms with Crippen LogP contribution in [0.15, 0.2) is 12.2 Å². The van der Waals surface area contributed by atoms with Gasteiger partial charge in [-0.15, -0.1) is 0 Å². The summed E-state index contributed by atoms with van der Waals surface area (Å²) in [6.45, 7) is 3.46. The number of nitrogens with zero attached hydrogens (tertiary/aromatic N) is 1. The topological polar surface area (TPSA) is 92.8 Å². The molecule has 1 aliphatic carbocycles. The number of rotatable bonds is 6. The number of carbonyl (C=O) groups excluding carboxylic acids is 4. The minimum Gasteiger partial charge on any atom is -0.454 e. The Bertz CT molecular complexity index is 517. The van der Waals surface area contributed by atoms with Crippen molar-refractivity contribution in [3.63, 3.8) is 0 Å². The predicted octanol–water partition coefficient (Wildman–Crippen LogP) is 0.395. The first kappa shape index (κ1) is 17.2. The molecule has 1 N–H and O–H groups in total. The maximum absolute atomic E-state index is 12.4. The van der Waals surface area contributed by atoms with Gasteiger partial charge in [0.2, 0.25) is 11.8 Å². The van der Waals surface area contributed by atoms with E-state index in [1.54, 1.807) is 0 Å². The van der Waals surface area contributed by atoms with Gasteiger partial charge in [0.25, 0.3) is 5.91 Å². The molecule has 0 unspecified atom stereocenters. The van der Waals surface area contributed by atoms with Crippen LogP contribution in [0.2, 0.25) is 0 Å². The Labute approximate surface area is 135 Å². The van der Waals surface area contributed by atoms with Gasteiger partial charge < -0.3 is 10.1 Å². The van der Waals surface area contributed by atoms with Crippen molar-refractivity contribution in [3.8, 4) is 0 Å². The maximum atomic E-state index is 12.4. The molecule has 1 heterocycles. The molecule has 7 nitrogen and oxygen atoms in total. The highest BCUT2D eigenvalue weighted by Gasteiger charge is 2.50. The first-order valence-corrected chi connectivity index (χ1v) is 7.92. The van der Waals surface area contributed by atoms with E-state index in [1.807, 2.05) is 19.1 Å². The molecule has 23 heavy (non-hydrogen) atoms. The molecule has 1 saturated heterocycles. The highest BCUT2D eigenvalue weighted by molar-refractivity contribution is 6.08. The molecule has 0 spiro atoms. The highest BCUT2D eigenvalue weighted by Crippen LogP contribution is 2.36. The van der Waals surface area contributed by atoms with Crippen LogP contribution in [0.3, 0.4) is 0 Å². The summed E-state index contributed by atoms with van der Waals surface area (Å²) in [4.78, 5) is 49.2. The zero-order valence-corrected chi connectivity index (χ0v) is 13.4. The molecule has 0 saturated carbocycles. The number of imide groups is 1. The Morgan fingerprint density at radius 1 is 1.26 bits per heavy atom. The number of hydrogen-bond acceptors (Lipinski definition) is 5. The Balaban J connectivity index is 1.93. The third-order valence-corrected chi connectivity index (χ3v) is 4.19. The Morgan fingerprint density at radius 3 is 2.35 bits per heavy atom. The molecular weight excluding hydrogens is 300 g/mol. The molecule has 0 aromatic rings. The van der Waals surface area contributed by atoms with E-state index in [0.29, 0.717) is 19.4 Å². The zero-order valence-electron chi connectivity index (χ0n) is 13.4. The molecule has 7 heteroatoms. The summed E-state index contributed by atoms with van der Waals surface area (Å²) in [6.07, 6.45) is 5.59. The first-order valence-electron chi connectivity index (χ1n) is 7.92. The molecule has 0 aromatic heterocycles. The molecule has 1 fully saturated rings. The summed E-state index contributed by atoms with van der Waals surface area (Å²) >= 11 is 0. The minimum absolute atomic E-state index is 0.329. The number of hydrogen-bond donors (Lipinski definition) is 1. The van der Waals surface area contributed by atoms with Gasteiger partial charge in [0.05, 0.1) is 11.8 Å². The summed E-state index contributed by atoms with van der Waals surface area (Å²) in [5.41, 5.74) is 0. The molecule has 3 amide bonds. The lowest BCUT2D eigenvalue weighted by Crippen LogP contribution is -2.45. The van der Waals surface area contributed by atoms with Gasteiger partial charge in [-0.2, -0.15) is 0 Å². The number of carbonyl (C=O) groups is 4. The highest BCUT2D eigenvalue weighted by atomic mass is 16.5. The van der Waals surface area contributed by atoms with E-state index >= 15 is 0 Å². The van der Waals surface area contributed by atoms with E-state index in [-0.39, 0.29) is 23.7 Å². The first-order chi connectivity index (χ1) is 11.0. The smallest absolute Gasteiger partial charge is 0.329 e. The van der Waals surface area contributed by atoms with Crippen molar-refractivity contribution in [1.82, 2.24) is 10.2 Å². The van der Waals surface area contributed by atoms with E-state index in [0.717, 1.165) is 11.3 Å². The van der Waals surface area contributed by atoms with Crippen molar-refractivity contribution in [2.24, 2.45) is 11.8 Å². The fourth-order valence-corrected chi connectivity index (χ4v) is 2.89. The average molecular weight is 322 g/mol. The third kappa shape index (κ3) is 3.60. The third-order valence-electron chi connectivity index (χ3n) is 4.19. The Morgan fingerprint density at radius 2 is 1.83 bits per heavy atom. The molecule has 1 aliphatic heterocycles.